The van der Waals surface area contributed by atoms with Crippen LogP contribution in [-0.4, -0.2) is 16.1 Å². The zero-order valence-corrected chi connectivity index (χ0v) is 10.1. The van der Waals surface area contributed by atoms with Crippen molar-refractivity contribution < 1.29 is 9.52 Å². The van der Waals surface area contributed by atoms with Gasteiger partial charge in [-0.1, -0.05) is 12.1 Å². The Hall–Kier alpha value is -1.81. The molecule has 0 saturated heterocycles. The highest BCUT2D eigenvalue weighted by Crippen LogP contribution is 2.23. The number of aryl methyl sites for hydroxylation is 1. The largest absolute Gasteiger partial charge is 0.508 e. The molecule has 1 aliphatic carbocycles. The lowest BCUT2D eigenvalue weighted by molar-refractivity contribution is 0.432. The van der Waals surface area contributed by atoms with Crippen molar-refractivity contribution in [2.24, 2.45) is 5.73 Å². The molecule has 4 nitrogen and oxygen atoms in total. The summed E-state index contributed by atoms with van der Waals surface area (Å²) in [6.07, 6.45) is 3.33. The second-order valence-electron chi connectivity index (χ2n) is 4.82. The third kappa shape index (κ3) is 2.24. The molecule has 0 aliphatic heterocycles. The van der Waals surface area contributed by atoms with Gasteiger partial charge in [-0.05, 0) is 24.1 Å². The van der Waals surface area contributed by atoms with E-state index in [0.29, 0.717) is 6.42 Å². The van der Waals surface area contributed by atoms with E-state index >= 15 is 0 Å². The highest BCUT2D eigenvalue weighted by atomic mass is 16.4. The van der Waals surface area contributed by atoms with Crippen LogP contribution in [0.15, 0.2) is 28.7 Å². The van der Waals surface area contributed by atoms with Crippen LogP contribution >= 0.6 is 0 Å². The molecule has 4 heteroatoms. The van der Waals surface area contributed by atoms with Crippen LogP contribution in [0, 0.1) is 0 Å². The van der Waals surface area contributed by atoms with E-state index in [1.807, 2.05) is 12.1 Å². The summed E-state index contributed by atoms with van der Waals surface area (Å²) in [6, 6.07) is 7.32. The molecule has 0 amide bonds. The number of hydrogen-bond donors (Lipinski definition) is 2. The van der Waals surface area contributed by atoms with Crippen LogP contribution in [0.25, 0.3) is 0 Å². The summed E-state index contributed by atoms with van der Waals surface area (Å²) in [4.78, 5) is 4.51. The van der Waals surface area contributed by atoms with Gasteiger partial charge in [0.25, 0.3) is 0 Å². The van der Waals surface area contributed by atoms with E-state index in [4.69, 9.17) is 10.2 Å². The van der Waals surface area contributed by atoms with E-state index in [-0.39, 0.29) is 11.8 Å². The summed E-state index contributed by atoms with van der Waals surface area (Å²) in [6.45, 7) is 0. The van der Waals surface area contributed by atoms with Crippen LogP contribution in [0.5, 0.6) is 5.75 Å². The Bertz CT molecular complexity index is 545. The molecule has 1 aromatic carbocycles. The summed E-state index contributed by atoms with van der Waals surface area (Å²) in [5.41, 5.74) is 8.01. The molecule has 2 aromatic rings. The number of phenols is 1. The third-order valence-corrected chi connectivity index (χ3v) is 3.31. The molecule has 1 heterocycles. The lowest BCUT2D eigenvalue weighted by atomic mass is 9.98. The molecule has 1 aromatic heterocycles. The second-order valence-corrected chi connectivity index (χ2v) is 4.82. The standard InChI is InChI=1S/C14H16N2O2/c15-10-3-6-13-12(8-10)16-14(18-13)7-9-1-4-11(17)5-2-9/h1-2,4-5,10,17H,3,6-8,15H2. The van der Waals surface area contributed by atoms with E-state index in [0.717, 1.165) is 42.2 Å². The minimum atomic E-state index is 0.212. The first-order valence-corrected chi connectivity index (χ1v) is 6.21. The van der Waals surface area contributed by atoms with E-state index in [1.165, 1.54) is 0 Å². The van der Waals surface area contributed by atoms with Gasteiger partial charge in [-0.3, -0.25) is 0 Å². The number of aromatic nitrogens is 1. The Morgan fingerprint density at radius 2 is 2.11 bits per heavy atom. The molecule has 3 N–H and O–H groups in total. The molecule has 18 heavy (non-hydrogen) atoms. The minimum Gasteiger partial charge on any atom is -0.508 e. The van der Waals surface area contributed by atoms with Gasteiger partial charge in [0, 0.05) is 25.3 Å². The fourth-order valence-corrected chi connectivity index (χ4v) is 2.32. The summed E-state index contributed by atoms with van der Waals surface area (Å²) < 4.78 is 5.76. The molecule has 0 bridgehead atoms. The number of fused-ring (bicyclic) bond motifs is 1. The summed E-state index contributed by atoms with van der Waals surface area (Å²) in [7, 11) is 0. The molecule has 0 saturated carbocycles. The van der Waals surface area contributed by atoms with Gasteiger partial charge in [0.2, 0.25) is 0 Å². The molecular weight excluding hydrogens is 228 g/mol. The van der Waals surface area contributed by atoms with E-state index < -0.39 is 0 Å². The van der Waals surface area contributed by atoms with Crippen LogP contribution in [0.2, 0.25) is 0 Å². The second kappa shape index (κ2) is 4.46. The van der Waals surface area contributed by atoms with Crippen LogP contribution in [0.1, 0.15) is 29.3 Å². The average molecular weight is 244 g/mol. The van der Waals surface area contributed by atoms with Gasteiger partial charge < -0.3 is 15.3 Å². The Balaban J connectivity index is 1.79. The lowest BCUT2D eigenvalue weighted by Crippen LogP contribution is -2.27. The predicted octanol–water partition coefficient (Wildman–Crippen LogP) is 1.79. The third-order valence-electron chi connectivity index (χ3n) is 3.31. The number of nitrogens with two attached hydrogens (primary N) is 1. The zero-order valence-electron chi connectivity index (χ0n) is 10.1. The number of phenolic OH excluding ortho intramolecular Hbond substituents is 1. The first-order chi connectivity index (χ1) is 8.70. The highest BCUT2D eigenvalue weighted by molar-refractivity contribution is 5.28. The fraction of sp³-hybridized carbons (Fsp3) is 0.357. The van der Waals surface area contributed by atoms with Crippen molar-refractivity contribution >= 4 is 0 Å². The molecule has 1 atom stereocenters. The van der Waals surface area contributed by atoms with Crippen molar-refractivity contribution in [3.8, 4) is 5.75 Å². The molecule has 0 radical (unpaired) electrons. The smallest absolute Gasteiger partial charge is 0.199 e. The maximum Gasteiger partial charge on any atom is 0.199 e. The maximum atomic E-state index is 9.23. The van der Waals surface area contributed by atoms with E-state index in [1.54, 1.807) is 12.1 Å². The van der Waals surface area contributed by atoms with Crippen molar-refractivity contribution in [2.45, 2.75) is 31.7 Å². The first-order valence-electron chi connectivity index (χ1n) is 6.21. The number of aromatic hydroxyl groups is 1. The fourth-order valence-electron chi connectivity index (χ4n) is 2.32. The van der Waals surface area contributed by atoms with Gasteiger partial charge in [0.15, 0.2) is 5.89 Å². The molecule has 0 fully saturated rings. The molecule has 94 valence electrons. The van der Waals surface area contributed by atoms with Crippen LogP contribution in [0.4, 0.5) is 0 Å². The zero-order chi connectivity index (χ0) is 12.5. The molecule has 3 rings (SSSR count). The van der Waals surface area contributed by atoms with Crippen molar-refractivity contribution in [1.82, 2.24) is 4.98 Å². The van der Waals surface area contributed by atoms with Gasteiger partial charge in [-0.2, -0.15) is 0 Å². The normalized spacial score (nSPS) is 18.6. The van der Waals surface area contributed by atoms with Gasteiger partial charge in [0.1, 0.15) is 11.5 Å². The number of hydrogen-bond acceptors (Lipinski definition) is 4. The molecule has 1 unspecified atom stereocenters. The topological polar surface area (TPSA) is 72.3 Å². The summed E-state index contributed by atoms with van der Waals surface area (Å²) in [5, 5.41) is 9.23. The van der Waals surface area contributed by atoms with Gasteiger partial charge >= 0.3 is 0 Å². The van der Waals surface area contributed by atoms with Crippen LogP contribution in [-0.2, 0) is 19.3 Å². The van der Waals surface area contributed by atoms with E-state index in [2.05, 4.69) is 4.98 Å². The monoisotopic (exact) mass is 244 g/mol. The van der Waals surface area contributed by atoms with E-state index in [9.17, 15) is 5.11 Å². The van der Waals surface area contributed by atoms with Gasteiger partial charge in [-0.25, -0.2) is 4.98 Å². The average Bonchev–Trinajstić information content (AvgIpc) is 2.73. The van der Waals surface area contributed by atoms with Gasteiger partial charge in [0.05, 0.1) is 5.69 Å². The Labute approximate surface area is 105 Å². The van der Waals surface area contributed by atoms with Crippen molar-refractivity contribution in [3.63, 3.8) is 0 Å². The van der Waals surface area contributed by atoms with Crippen molar-refractivity contribution in [1.29, 1.82) is 0 Å². The first kappa shape index (κ1) is 11.3. The van der Waals surface area contributed by atoms with Crippen molar-refractivity contribution in [3.05, 3.63) is 47.2 Å². The van der Waals surface area contributed by atoms with Crippen molar-refractivity contribution in [2.75, 3.05) is 0 Å². The SMILES string of the molecule is NC1CCc2oc(Cc3ccc(O)cc3)nc2C1. The quantitative estimate of drug-likeness (QED) is 0.844. The predicted molar refractivity (Wildman–Crippen MR) is 67.4 cm³/mol. The Morgan fingerprint density at radius 3 is 2.89 bits per heavy atom. The van der Waals surface area contributed by atoms with Crippen LogP contribution < -0.4 is 5.73 Å². The number of benzene rings is 1. The van der Waals surface area contributed by atoms with Crippen LogP contribution in [0.3, 0.4) is 0 Å². The lowest BCUT2D eigenvalue weighted by Gasteiger charge is -2.14. The Morgan fingerprint density at radius 1 is 1.33 bits per heavy atom. The Kier molecular flexibility index (Phi) is 2.80. The number of rotatable bonds is 2. The summed E-state index contributed by atoms with van der Waals surface area (Å²) in [5.74, 6) is 2.00. The molecule has 0 spiro atoms. The van der Waals surface area contributed by atoms with Gasteiger partial charge in [-0.15, -0.1) is 0 Å². The molecular formula is C14H16N2O2. The highest BCUT2D eigenvalue weighted by Gasteiger charge is 2.21. The summed E-state index contributed by atoms with van der Waals surface area (Å²) >= 11 is 0. The minimum absolute atomic E-state index is 0.212. The number of nitrogens with zero attached hydrogens (tertiary/aromatic N) is 1. The molecule has 1 aliphatic rings. The maximum absolute atomic E-state index is 9.23. The number of oxazole rings is 1.